The Hall–Kier alpha value is -1.87. The van der Waals surface area contributed by atoms with Crippen molar-refractivity contribution in [3.05, 3.63) is 59.7 Å². The summed E-state index contributed by atoms with van der Waals surface area (Å²) in [6.45, 7) is 3.74. The molecule has 4 heteroatoms. The van der Waals surface area contributed by atoms with Crippen molar-refractivity contribution in [2.75, 3.05) is 0 Å². The average molecular weight is 289 g/mol. The van der Waals surface area contributed by atoms with Crippen LogP contribution >= 0.6 is 11.6 Å². The first-order valence-electron chi connectivity index (χ1n) is 6.45. The number of para-hydroxylation sites is 2. The third-order valence-electron chi connectivity index (χ3n) is 3.23. The zero-order chi connectivity index (χ0) is 14.3. The van der Waals surface area contributed by atoms with Gasteiger partial charge in [0.05, 0.1) is 22.1 Å². The molecule has 1 unspecified atom stereocenters. The summed E-state index contributed by atoms with van der Waals surface area (Å²) in [5.41, 5.74) is 3.40. The lowest BCUT2D eigenvalue weighted by Crippen LogP contribution is -2.02. The molecule has 0 aliphatic heterocycles. The number of halogens is 2. The summed E-state index contributed by atoms with van der Waals surface area (Å²) >= 11 is 6.23. The van der Waals surface area contributed by atoms with Crippen LogP contribution in [0.2, 0.25) is 0 Å². The van der Waals surface area contributed by atoms with E-state index in [1.54, 1.807) is 0 Å². The van der Waals surface area contributed by atoms with E-state index in [0.29, 0.717) is 0 Å². The van der Waals surface area contributed by atoms with Gasteiger partial charge in [-0.2, -0.15) is 0 Å². The van der Waals surface area contributed by atoms with Crippen LogP contribution in [0.5, 0.6) is 0 Å². The van der Waals surface area contributed by atoms with Gasteiger partial charge < -0.3 is 0 Å². The molecular weight excluding hydrogens is 275 g/mol. The zero-order valence-electron chi connectivity index (χ0n) is 11.3. The van der Waals surface area contributed by atoms with Gasteiger partial charge in [0.15, 0.2) is 0 Å². The topological polar surface area (TPSA) is 17.8 Å². The molecule has 1 aromatic heterocycles. The van der Waals surface area contributed by atoms with E-state index in [9.17, 15) is 4.39 Å². The number of benzene rings is 2. The van der Waals surface area contributed by atoms with Gasteiger partial charge in [-0.05, 0) is 49.7 Å². The van der Waals surface area contributed by atoms with Crippen molar-refractivity contribution in [2.24, 2.45) is 0 Å². The molecule has 0 bridgehead atoms. The molecule has 0 aliphatic rings. The van der Waals surface area contributed by atoms with E-state index in [1.165, 1.54) is 12.1 Å². The molecule has 1 atom stereocenters. The molecule has 0 saturated heterocycles. The molecule has 2 nitrogen and oxygen atoms in total. The van der Waals surface area contributed by atoms with Crippen molar-refractivity contribution in [3.63, 3.8) is 0 Å². The molecule has 0 spiro atoms. The number of alkyl halides is 1. The van der Waals surface area contributed by atoms with E-state index >= 15 is 0 Å². The minimum absolute atomic E-state index is 0.258. The highest BCUT2D eigenvalue weighted by atomic mass is 35.5. The van der Waals surface area contributed by atoms with Gasteiger partial charge >= 0.3 is 0 Å². The van der Waals surface area contributed by atoms with Crippen molar-refractivity contribution in [3.8, 4) is 5.69 Å². The van der Waals surface area contributed by atoms with Gasteiger partial charge in [-0.3, -0.25) is 4.57 Å². The van der Waals surface area contributed by atoms with Gasteiger partial charge in [0, 0.05) is 0 Å². The van der Waals surface area contributed by atoms with Crippen LogP contribution in [-0.2, 0) is 0 Å². The highest BCUT2D eigenvalue weighted by Gasteiger charge is 2.16. The number of rotatable bonds is 2. The molecule has 0 fully saturated rings. The van der Waals surface area contributed by atoms with Gasteiger partial charge in [-0.1, -0.05) is 12.1 Å². The lowest BCUT2D eigenvalue weighted by molar-refractivity contribution is 0.625. The molecule has 0 radical (unpaired) electrons. The predicted molar refractivity (Wildman–Crippen MR) is 80.0 cm³/mol. The van der Waals surface area contributed by atoms with Crippen LogP contribution in [0.25, 0.3) is 16.7 Å². The summed E-state index contributed by atoms with van der Waals surface area (Å²) in [4.78, 5) is 4.56. The Bertz CT molecular complexity index is 757. The van der Waals surface area contributed by atoms with E-state index in [0.717, 1.165) is 28.1 Å². The third kappa shape index (κ3) is 2.18. The maximum atomic E-state index is 13.7. The number of nitrogens with zero attached hydrogens (tertiary/aromatic N) is 2. The molecular formula is C16H14ClFN2. The van der Waals surface area contributed by atoms with Crippen LogP contribution in [0.1, 0.15) is 23.7 Å². The number of imidazole rings is 1. The van der Waals surface area contributed by atoms with Crippen LogP contribution in [0.3, 0.4) is 0 Å². The number of hydrogen-bond donors (Lipinski definition) is 0. The Balaban J connectivity index is 2.36. The second-order valence-electron chi connectivity index (χ2n) is 4.90. The van der Waals surface area contributed by atoms with E-state index in [-0.39, 0.29) is 11.2 Å². The molecule has 20 heavy (non-hydrogen) atoms. The maximum Gasteiger partial charge on any atom is 0.132 e. The Morgan fingerprint density at radius 2 is 1.95 bits per heavy atom. The summed E-state index contributed by atoms with van der Waals surface area (Å²) in [6.07, 6.45) is 0. The molecule has 0 saturated carbocycles. The van der Waals surface area contributed by atoms with Gasteiger partial charge in [0.2, 0.25) is 0 Å². The van der Waals surface area contributed by atoms with Crippen LogP contribution in [0, 0.1) is 12.7 Å². The van der Waals surface area contributed by atoms with Crippen molar-refractivity contribution in [2.45, 2.75) is 19.2 Å². The van der Waals surface area contributed by atoms with E-state index < -0.39 is 0 Å². The van der Waals surface area contributed by atoms with Crippen molar-refractivity contribution >= 4 is 22.6 Å². The van der Waals surface area contributed by atoms with Gasteiger partial charge in [-0.25, -0.2) is 9.37 Å². The molecule has 0 aliphatic carbocycles. The highest BCUT2D eigenvalue weighted by Crippen LogP contribution is 2.28. The predicted octanol–water partition coefficient (Wildman–Crippen LogP) is 4.77. The third-order valence-corrected chi connectivity index (χ3v) is 3.42. The van der Waals surface area contributed by atoms with Crippen LogP contribution in [0.15, 0.2) is 42.5 Å². The molecule has 0 amide bonds. The standard InChI is InChI=1S/C16H14ClFN2/c1-10-7-12(18)9-13(8-10)20-15-6-4-3-5-14(15)19-16(20)11(2)17/h3-9,11H,1-2H3. The summed E-state index contributed by atoms with van der Waals surface area (Å²) in [5.74, 6) is 0.462. The second-order valence-corrected chi connectivity index (χ2v) is 5.55. The Morgan fingerprint density at radius 3 is 2.65 bits per heavy atom. The average Bonchev–Trinajstić information content (AvgIpc) is 2.77. The number of hydrogen-bond acceptors (Lipinski definition) is 1. The van der Waals surface area contributed by atoms with E-state index in [1.807, 2.05) is 48.7 Å². The molecule has 3 rings (SSSR count). The first kappa shape index (κ1) is 13.1. The summed E-state index contributed by atoms with van der Waals surface area (Å²) in [5, 5.41) is -0.258. The second kappa shape index (κ2) is 4.91. The van der Waals surface area contributed by atoms with Gasteiger partial charge in [-0.15, -0.1) is 11.6 Å². The minimum atomic E-state index is -0.258. The molecule has 2 aromatic carbocycles. The van der Waals surface area contributed by atoms with Crippen molar-refractivity contribution < 1.29 is 4.39 Å². The highest BCUT2D eigenvalue weighted by molar-refractivity contribution is 6.20. The van der Waals surface area contributed by atoms with Crippen LogP contribution in [0.4, 0.5) is 4.39 Å². The van der Waals surface area contributed by atoms with Crippen molar-refractivity contribution in [1.29, 1.82) is 0 Å². The number of aryl methyl sites for hydroxylation is 1. The monoisotopic (exact) mass is 288 g/mol. The maximum absolute atomic E-state index is 13.7. The summed E-state index contributed by atoms with van der Waals surface area (Å²) in [7, 11) is 0. The summed E-state index contributed by atoms with van der Waals surface area (Å²) in [6, 6.07) is 12.7. The number of aromatic nitrogens is 2. The summed E-state index contributed by atoms with van der Waals surface area (Å²) < 4.78 is 15.6. The fourth-order valence-electron chi connectivity index (χ4n) is 2.43. The minimum Gasteiger partial charge on any atom is -0.295 e. The normalized spacial score (nSPS) is 12.8. The fourth-order valence-corrected chi connectivity index (χ4v) is 2.58. The molecule has 0 N–H and O–H groups in total. The number of fused-ring (bicyclic) bond motifs is 1. The quantitative estimate of drug-likeness (QED) is 0.621. The smallest absolute Gasteiger partial charge is 0.132 e. The fraction of sp³-hybridized carbons (Fsp3) is 0.188. The lowest BCUT2D eigenvalue weighted by Gasteiger charge is -2.11. The molecule has 3 aromatic rings. The Kier molecular flexibility index (Phi) is 3.22. The first-order chi connectivity index (χ1) is 9.56. The lowest BCUT2D eigenvalue weighted by atomic mass is 10.2. The Labute approximate surface area is 121 Å². The van der Waals surface area contributed by atoms with E-state index in [4.69, 9.17) is 11.6 Å². The van der Waals surface area contributed by atoms with E-state index in [2.05, 4.69) is 4.98 Å². The van der Waals surface area contributed by atoms with Crippen LogP contribution in [-0.4, -0.2) is 9.55 Å². The van der Waals surface area contributed by atoms with Crippen molar-refractivity contribution in [1.82, 2.24) is 9.55 Å². The molecule has 1 heterocycles. The first-order valence-corrected chi connectivity index (χ1v) is 6.89. The SMILES string of the molecule is Cc1cc(F)cc(-n2c(C(C)Cl)nc3ccccc32)c1. The largest absolute Gasteiger partial charge is 0.295 e. The van der Waals surface area contributed by atoms with Gasteiger partial charge in [0.1, 0.15) is 11.6 Å². The van der Waals surface area contributed by atoms with Crippen LogP contribution < -0.4 is 0 Å². The zero-order valence-corrected chi connectivity index (χ0v) is 12.0. The Morgan fingerprint density at radius 1 is 1.20 bits per heavy atom. The van der Waals surface area contributed by atoms with Gasteiger partial charge in [0.25, 0.3) is 0 Å². The molecule has 102 valence electrons.